The molecule has 0 saturated heterocycles. The summed E-state index contributed by atoms with van der Waals surface area (Å²) in [7, 11) is 1.36. The number of methoxy groups -OCH3 is 1. The highest BCUT2D eigenvalue weighted by molar-refractivity contribution is 5.69. The molecule has 0 spiro atoms. The molecule has 4 rings (SSSR count). The number of anilines is 2. The molecule has 1 aliphatic carbocycles. The van der Waals surface area contributed by atoms with Gasteiger partial charge in [-0.1, -0.05) is 0 Å². The Morgan fingerprint density at radius 1 is 1.50 bits per heavy atom. The third-order valence-corrected chi connectivity index (χ3v) is 4.48. The first-order valence-corrected chi connectivity index (χ1v) is 8.64. The van der Waals surface area contributed by atoms with Crippen LogP contribution in [0, 0.1) is 0 Å². The second kappa shape index (κ2) is 6.75. The maximum Gasteiger partial charge on any atom is 0.305 e. The van der Waals surface area contributed by atoms with Gasteiger partial charge in [-0.15, -0.1) is 0 Å². The molecule has 1 aliphatic rings. The maximum atomic E-state index is 11.3. The number of aromatic nitrogens is 5. The molecule has 0 amide bonds. The molecule has 3 aromatic rings. The summed E-state index contributed by atoms with van der Waals surface area (Å²) in [4.78, 5) is 20.4. The zero-order valence-corrected chi connectivity index (χ0v) is 14.5. The molecule has 0 aliphatic heterocycles. The van der Waals surface area contributed by atoms with Crippen LogP contribution in [0.4, 0.5) is 11.8 Å². The minimum atomic E-state index is -0.462. The lowest BCUT2D eigenvalue weighted by Crippen LogP contribution is -2.18. The smallest absolute Gasteiger partial charge is 0.305 e. The largest absolute Gasteiger partial charge is 0.469 e. The van der Waals surface area contributed by atoms with Crippen LogP contribution >= 0.6 is 0 Å². The number of hydrogen-bond donors (Lipinski definition) is 3. The monoisotopic (exact) mass is 355 g/mol. The molecule has 4 N–H and O–H groups in total. The first-order chi connectivity index (χ1) is 12.6. The van der Waals surface area contributed by atoms with E-state index in [2.05, 4.69) is 30.2 Å². The van der Waals surface area contributed by atoms with Crippen LogP contribution in [0.1, 0.15) is 49.2 Å². The number of nitrogens with zero attached hydrogens (tertiary/aromatic N) is 4. The van der Waals surface area contributed by atoms with Crippen molar-refractivity contribution in [3.05, 3.63) is 35.9 Å². The predicted octanol–water partition coefficient (Wildman–Crippen LogP) is 2.03. The molecule has 0 aromatic carbocycles. The third kappa shape index (κ3) is 3.38. The molecule has 0 radical (unpaired) electrons. The SMILES string of the molecule is COC(=O)CCC(N)c1nc(Nc2cc(C3CC3)[nH]n2)n2cccc2n1. The van der Waals surface area contributed by atoms with Gasteiger partial charge < -0.3 is 15.8 Å². The van der Waals surface area contributed by atoms with Crippen LogP contribution in [0.5, 0.6) is 0 Å². The fraction of sp³-hybridized carbons (Fsp3) is 0.412. The van der Waals surface area contributed by atoms with Crippen molar-refractivity contribution in [3.8, 4) is 0 Å². The van der Waals surface area contributed by atoms with Gasteiger partial charge in [0, 0.05) is 30.3 Å². The Hall–Kier alpha value is -2.94. The molecule has 26 heavy (non-hydrogen) atoms. The van der Waals surface area contributed by atoms with Gasteiger partial charge in [-0.25, -0.2) is 4.98 Å². The highest BCUT2D eigenvalue weighted by Gasteiger charge is 2.25. The summed E-state index contributed by atoms with van der Waals surface area (Å²) in [5.74, 6) is 2.05. The van der Waals surface area contributed by atoms with Gasteiger partial charge in [-0.05, 0) is 31.4 Å². The highest BCUT2D eigenvalue weighted by atomic mass is 16.5. The number of aromatic amines is 1. The van der Waals surface area contributed by atoms with E-state index in [4.69, 9.17) is 5.73 Å². The molecule has 9 nitrogen and oxygen atoms in total. The lowest BCUT2D eigenvalue weighted by Gasteiger charge is -2.13. The standard InChI is InChI=1S/C17H21N7O2/c1-26-15(25)7-6-11(18)16-20-14-3-2-8-24(14)17(21-16)19-13-9-12(22-23-13)10-4-5-10/h2-3,8-11H,4-7,18H2,1H3,(H2,19,20,21,22,23). The number of ether oxygens (including phenoxy) is 1. The first kappa shape index (κ1) is 16.5. The van der Waals surface area contributed by atoms with E-state index in [-0.39, 0.29) is 12.4 Å². The third-order valence-electron chi connectivity index (χ3n) is 4.48. The number of carbonyl (C=O) groups is 1. The number of carbonyl (C=O) groups excluding carboxylic acids is 1. The van der Waals surface area contributed by atoms with E-state index >= 15 is 0 Å². The molecule has 136 valence electrons. The van der Waals surface area contributed by atoms with Crippen molar-refractivity contribution >= 4 is 23.4 Å². The van der Waals surface area contributed by atoms with Gasteiger partial charge >= 0.3 is 5.97 Å². The van der Waals surface area contributed by atoms with Crippen molar-refractivity contribution in [1.82, 2.24) is 24.6 Å². The summed E-state index contributed by atoms with van der Waals surface area (Å²) < 4.78 is 6.50. The molecule has 1 fully saturated rings. The Morgan fingerprint density at radius 3 is 3.12 bits per heavy atom. The fourth-order valence-electron chi connectivity index (χ4n) is 2.82. The molecule has 1 saturated carbocycles. The summed E-state index contributed by atoms with van der Waals surface area (Å²) in [6, 6.07) is 5.31. The second-order valence-corrected chi connectivity index (χ2v) is 6.47. The minimum Gasteiger partial charge on any atom is -0.469 e. The van der Waals surface area contributed by atoms with Gasteiger partial charge in [0.2, 0.25) is 5.95 Å². The fourth-order valence-corrected chi connectivity index (χ4v) is 2.82. The van der Waals surface area contributed by atoms with Crippen LogP contribution in [0.15, 0.2) is 24.4 Å². The number of nitrogens with one attached hydrogen (secondary N) is 2. The van der Waals surface area contributed by atoms with Crippen LogP contribution in [0.25, 0.3) is 5.65 Å². The summed E-state index contributed by atoms with van der Waals surface area (Å²) in [5, 5.41) is 10.6. The zero-order valence-electron chi connectivity index (χ0n) is 14.5. The number of fused-ring (bicyclic) bond motifs is 1. The van der Waals surface area contributed by atoms with E-state index in [1.807, 2.05) is 28.8 Å². The van der Waals surface area contributed by atoms with E-state index in [0.717, 1.165) is 11.3 Å². The van der Waals surface area contributed by atoms with Crippen molar-refractivity contribution in [2.45, 2.75) is 37.6 Å². The minimum absolute atomic E-state index is 0.222. The highest BCUT2D eigenvalue weighted by Crippen LogP contribution is 2.39. The van der Waals surface area contributed by atoms with Gasteiger partial charge in [0.05, 0.1) is 13.2 Å². The maximum absolute atomic E-state index is 11.3. The molecular formula is C17H21N7O2. The van der Waals surface area contributed by atoms with Crippen LogP contribution in [-0.4, -0.2) is 37.6 Å². The van der Waals surface area contributed by atoms with Gasteiger partial charge in [0.15, 0.2) is 11.6 Å². The predicted molar refractivity (Wildman–Crippen MR) is 95.0 cm³/mol. The Balaban J connectivity index is 1.58. The van der Waals surface area contributed by atoms with Crippen molar-refractivity contribution in [2.24, 2.45) is 5.73 Å². The molecule has 0 bridgehead atoms. The Labute approximate surface area is 150 Å². The van der Waals surface area contributed by atoms with Crippen LogP contribution in [0.2, 0.25) is 0 Å². The molecule has 9 heteroatoms. The van der Waals surface area contributed by atoms with Crippen LogP contribution < -0.4 is 11.1 Å². The van der Waals surface area contributed by atoms with Crippen molar-refractivity contribution in [3.63, 3.8) is 0 Å². The summed E-state index contributed by atoms with van der Waals surface area (Å²) in [5.41, 5.74) is 8.05. The van der Waals surface area contributed by atoms with Gasteiger partial charge in [-0.2, -0.15) is 10.1 Å². The van der Waals surface area contributed by atoms with Gasteiger partial charge in [0.25, 0.3) is 0 Å². The molecule has 3 heterocycles. The Morgan fingerprint density at radius 2 is 2.35 bits per heavy atom. The van der Waals surface area contributed by atoms with Crippen molar-refractivity contribution < 1.29 is 9.53 Å². The van der Waals surface area contributed by atoms with E-state index in [1.165, 1.54) is 20.0 Å². The van der Waals surface area contributed by atoms with Crippen molar-refractivity contribution in [2.75, 3.05) is 12.4 Å². The Bertz CT molecular complexity index is 928. The quantitative estimate of drug-likeness (QED) is 0.554. The lowest BCUT2D eigenvalue weighted by molar-refractivity contribution is -0.140. The van der Waals surface area contributed by atoms with E-state index in [1.54, 1.807) is 0 Å². The summed E-state index contributed by atoms with van der Waals surface area (Å²) in [6.45, 7) is 0. The lowest BCUT2D eigenvalue weighted by atomic mass is 10.1. The van der Waals surface area contributed by atoms with Gasteiger partial charge in [0.1, 0.15) is 5.65 Å². The zero-order chi connectivity index (χ0) is 18.1. The van der Waals surface area contributed by atoms with Crippen LogP contribution in [0.3, 0.4) is 0 Å². The van der Waals surface area contributed by atoms with E-state index < -0.39 is 6.04 Å². The summed E-state index contributed by atoms with van der Waals surface area (Å²) >= 11 is 0. The number of nitrogens with two attached hydrogens (primary N) is 1. The average Bonchev–Trinajstić information content (AvgIpc) is 3.20. The number of esters is 1. The first-order valence-electron chi connectivity index (χ1n) is 8.64. The van der Waals surface area contributed by atoms with Gasteiger partial charge in [-0.3, -0.25) is 14.3 Å². The molecule has 1 atom stereocenters. The normalized spacial score (nSPS) is 15.2. The second-order valence-electron chi connectivity index (χ2n) is 6.47. The van der Waals surface area contributed by atoms with E-state index in [9.17, 15) is 4.79 Å². The topological polar surface area (TPSA) is 123 Å². The molecular weight excluding hydrogens is 334 g/mol. The van der Waals surface area contributed by atoms with Crippen molar-refractivity contribution in [1.29, 1.82) is 0 Å². The van der Waals surface area contributed by atoms with E-state index in [0.29, 0.717) is 29.9 Å². The van der Waals surface area contributed by atoms with Crippen LogP contribution in [-0.2, 0) is 9.53 Å². The average molecular weight is 355 g/mol. The Kier molecular flexibility index (Phi) is 4.29. The number of hydrogen-bond acceptors (Lipinski definition) is 7. The number of rotatable bonds is 7. The number of H-pyrrole nitrogens is 1. The summed E-state index contributed by atoms with van der Waals surface area (Å²) in [6.07, 6.45) is 4.92. The molecule has 1 unspecified atom stereocenters. The molecule has 3 aromatic heterocycles.